The van der Waals surface area contributed by atoms with Gasteiger partial charge in [-0.15, -0.1) is 0 Å². The van der Waals surface area contributed by atoms with Gasteiger partial charge in [0.15, 0.2) is 18.4 Å². The van der Waals surface area contributed by atoms with E-state index in [1.807, 2.05) is 0 Å². The van der Waals surface area contributed by atoms with Crippen molar-refractivity contribution in [2.24, 2.45) is 16.5 Å². The lowest BCUT2D eigenvalue weighted by atomic mass is 10.2. The molecule has 12 nitrogen and oxygen atoms in total. The Hall–Kier alpha value is -3.02. The van der Waals surface area contributed by atoms with Crippen molar-refractivity contribution in [3.63, 3.8) is 0 Å². The highest BCUT2D eigenvalue weighted by Crippen LogP contribution is 2.23. The quantitative estimate of drug-likeness (QED) is 0.216. The van der Waals surface area contributed by atoms with Crippen molar-refractivity contribution in [3.05, 3.63) is 22.1 Å². The van der Waals surface area contributed by atoms with Crippen LogP contribution in [0.25, 0.3) is 0 Å². The molecule has 0 aliphatic heterocycles. The zero-order chi connectivity index (χ0) is 17.6. The van der Waals surface area contributed by atoms with Crippen molar-refractivity contribution in [1.29, 1.82) is 0 Å². The number of carbonyl (C=O) groups is 2. The van der Waals surface area contributed by atoms with Crippen molar-refractivity contribution in [3.8, 4) is 0 Å². The van der Waals surface area contributed by atoms with Crippen molar-refractivity contribution in [2.45, 2.75) is 26.3 Å². The molecule has 0 spiro atoms. The number of aromatic nitrogens is 2. The van der Waals surface area contributed by atoms with E-state index in [0.717, 1.165) is 10.8 Å². The van der Waals surface area contributed by atoms with Crippen molar-refractivity contribution < 1.29 is 24.3 Å². The van der Waals surface area contributed by atoms with E-state index in [-0.39, 0.29) is 18.1 Å². The van der Waals surface area contributed by atoms with Gasteiger partial charge in [-0.3, -0.25) is 9.68 Å². The Morgan fingerprint density at radius 1 is 1.52 bits per heavy atom. The van der Waals surface area contributed by atoms with Crippen LogP contribution in [-0.4, -0.2) is 38.9 Å². The van der Waals surface area contributed by atoms with Gasteiger partial charge in [-0.2, -0.15) is 14.4 Å². The summed E-state index contributed by atoms with van der Waals surface area (Å²) in [7, 11) is 0. The number of nitrogens with two attached hydrogens (primary N) is 2. The summed E-state index contributed by atoms with van der Waals surface area (Å²) in [6, 6.07) is -1.03. The van der Waals surface area contributed by atoms with Gasteiger partial charge in [0, 0.05) is 6.92 Å². The highest BCUT2D eigenvalue weighted by Gasteiger charge is 2.32. The Labute approximate surface area is 130 Å². The van der Waals surface area contributed by atoms with E-state index in [0.29, 0.717) is 0 Å². The summed E-state index contributed by atoms with van der Waals surface area (Å²) in [6.07, 6.45) is 1.22. The Morgan fingerprint density at radius 2 is 2.17 bits per heavy atom. The van der Waals surface area contributed by atoms with Crippen LogP contribution in [0.3, 0.4) is 0 Å². The Morgan fingerprint density at radius 3 is 2.70 bits per heavy atom. The van der Waals surface area contributed by atoms with Crippen LogP contribution in [0.4, 0.5) is 5.82 Å². The number of hydrogen-bond acceptors (Lipinski definition) is 7. The number of amides is 1. The van der Waals surface area contributed by atoms with Gasteiger partial charge >= 0.3 is 11.8 Å². The first-order valence-electron chi connectivity index (χ1n) is 6.41. The van der Waals surface area contributed by atoms with Crippen LogP contribution in [0.2, 0.25) is 0 Å². The van der Waals surface area contributed by atoms with Crippen molar-refractivity contribution >= 4 is 23.7 Å². The number of nitro groups is 1. The fourth-order valence-electron chi connectivity index (χ4n) is 1.79. The van der Waals surface area contributed by atoms with Crippen molar-refractivity contribution in [2.75, 3.05) is 6.61 Å². The minimum Gasteiger partial charge on any atom is -0.370 e. The fraction of sp³-hybridized carbons (Fsp3) is 0.455. The second-order valence-corrected chi connectivity index (χ2v) is 4.31. The SMILES string of the molecule is CCC(C(=O)OOCC(=O)N=C(N)N)n1c([N+](=O)[O-])cnc1C. The molecule has 0 aromatic carbocycles. The molecule has 1 rings (SSSR count). The smallest absolute Gasteiger partial charge is 0.370 e. The third-order valence-electron chi connectivity index (χ3n) is 2.70. The van der Waals surface area contributed by atoms with Gasteiger partial charge < -0.3 is 21.6 Å². The lowest BCUT2D eigenvalue weighted by molar-refractivity contribution is -0.392. The maximum atomic E-state index is 12.0. The highest BCUT2D eigenvalue weighted by molar-refractivity contribution is 5.92. The number of rotatable bonds is 7. The van der Waals surface area contributed by atoms with Crippen LogP contribution in [-0.2, 0) is 19.4 Å². The van der Waals surface area contributed by atoms with E-state index in [1.165, 1.54) is 6.92 Å². The number of imidazole rings is 1. The summed E-state index contributed by atoms with van der Waals surface area (Å²) in [5.74, 6) is -2.33. The standard InChI is InChI=1S/C11H16N6O6/c1-3-7(16-6(2)14-4-9(16)17(20)21)10(19)23-22-5-8(18)15-11(12)13/h4,7H,3,5H2,1-2H3,(H4,12,13,15,18). The molecule has 0 aliphatic rings. The van der Waals surface area contributed by atoms with E-state index < -0.39 is 35.4 Å². The summed E-state index contributed by atoms with van der Waals surface area (Å²) in [4.78, 5) is 49.3. The van der Waals surface area contributed by atoms with Gasteiger partial charge in [0.1, 0.15) is 6.20 Å². The van der Waals surface area contributed by atoms with Crippen LogP contribution >= 0.6 is 0 Å². The third-order valence-corrected chi connectivity index (χ3v) is 2.70. The van der Waals surface area contributed by atoms with E-state index >= 15 is 0 Å². The predicted octanol–water partition coefficient (Wildman–Crippen LogP) is -0.674. The minimum absolute atomic E-state index is 0.183. The van der Waals surface area contributed by atoms with Crippen LogP contribution in [0.5, 0.6) is 0 Å². The predicted molar refractivity (Wildman–Crippen MR) is 75.8 cm³/mol. The fourth-order valence-corrected chi connectivity index (χ4v) is 1.79. The first-order valence-corrected chi connectivity index (χ1v) is 6.41. The normalized spacial score (nSPS) is 11.6. The average Bonchev–Trinajstić information content (AvgIpc) is 2.81. The van der Waals surface area contributed by atoms with Crippen LogP contribution < -0.4 is 11.5 Å². The van der Waals surface area contributed by atoms with Crippen LogP contribution in [0, 0.1) is 17.0 Å². The van der Waals surface area contributed by atoms with Crippen LogP contribution in [0.15, 0.2) is 11.2 Å². The number of aliphatic imine (C=N–C) groups is 1. The molecular weight excluding hydrogens is 312 g/mol. The maximum absolute atomic E-state index is 12.0. The summed E-state index contributed by atoms with van der Waals surface area (Å²) in [6.45, 7) is 2.44. The Balaban J connectivity index is 2.77. The number of nitrogens with zero attached hydrogens (tertiary/aromatic N) is 4. The number of hydrogen-bond donors (Lipinski definition) is 2. The molecule has 126 valence electrons. The molecule has 1 atom stereocenters. The number of guanidine groups is 1. The first kappa shape index (κ1) is 18.0. The zero-order valence-corrected chi connectivity index (χ0v) is 12.5. The third kappa shape index (κ3) is 4.74. The van der Waals surface area contributed by atoms with Gasteiger partial charge in [-0.05, 0) is 11.3 Å². The second kappa shape index (κ2) is 7.84. The van der Waals surface area contributed by atoms with Crippen molar-refractivity contribution in [1.82, 2.24) is 9.55 Å². The Kier molecular flexibility index (Phi) is 6.14. The van der Waals surface area contributed by atoms with Gasteiger partial charge in [-0.25, -0.2) is 9.78 Å². The zero-order valence-electron chi connectivity index (χ0n) is 12.5. The molecule has 0 bridgehead atoms. The molecule has 4 N–H and O–H groups in total. The maximum Gasteiger partial charge on any atom is 0.386 e. The summed E-state index contributed by atoms with van der Waals surface area (Å²) in [5, 5.41) is 11.0. The van der Waals surface area contributed by atoms with E-state index in [9.17, 15) is 19.7 Å². The van der Waals surface area contributed by atoms with Gasteiger partial charge in [0.25, 0.3) is 5.91 Å². The topological polar surface area (TPSA) is 178 Å². The van der Waals surface area contributed by atoms with E-state index in [4.69, 9.17) is 11.5 Å². The Bertz CT molecular complexity index is 635. The molecule has 0 aliphatic carbocycles. The number of carbonyl (C=O) groups excluding carboxylic acids is 2. The molecule has 0 fully saturated rings. The molecule has 0 radical (unpaired) electrons. The van der Waals surface area contributed by atoms with Gasteiger partial charge in [0.2, 0.25) is 6.04 Å². The minimum atomic E-state index is -1.03. The molecule has 0 saturated heterocycles. The average molecular weight is 328 g/mol. The lowest BCUT2D eigenvalue weighted by Crippen LogP contribution is -2.26. The lowest BCUT2D eigenvalue weighted by Gasteiger charge is -2.12. The molecule has 1 amide bonds. The monoisotopic (exact) mass is 328 g/mol. The summed E-state index contributed by atoms with van der Waals surface area (Å²) >= 11 is 0. The molecule has 12 heteroatoms. The number of aryl methyl sites for hydroxylation is 1. The molecule has 1 aromatic heterocycles. The molecule has 23 heavy (non-hydrogen) atoms. The second-order valence-electron chi connectivity index (χ2n) is 4.31. The van der Waals surface area contributed by atoms with Gasteiger partial charge in [0.05, 0.1) is 0 Å². The van der Waals surface area contributed by atoms with E-state index in [2.05, 4.69) is 19.8 Å². The summed E-state index contributed by atoms with van der Waals surface area (Å²) in [5.41, 5.74) is 9.98. The molecule has 0 saturated carbocycles. The largest absolute Gasteiger partial charge is 0.386 e. The molecule has 1 heterocycles. The van der Waals surface area contributed by atoms with E-state index in [1.54, 1.807) is 6.92 Å². The molecular formula is C11H16N6O6. The highest BCUT2D eigenvalue weighted by atomic mass is 17.2. The molecule has 1 aromatic rings. The summed E-state index contributed by atoms with van der Waals surface area (Å²) < 4.78 is 1.11. The van der Waals surface area contributed by atoms with Gasteiger partial charge in [-0.1, -0.05) is 6.92 Å². The first-order chi connectivity index (χ1) is 10.8. The molecule has 1 unspecified atom stereocenters. The van der Waals surface area contributed by atoms with Crippen LogP contribution in [0.1, 0.15) is 25.2 Å².